The van der Waals surface area contributed by atoms with Gasteiger partial charge in [-0.05, 0) is 67.4 Å². The minimum atomic E-state index is -1.91. The summed E-state index contributed by atoms with van der Waals surface area (Å²) in [4.78, 5) is 0. The Bertz CT molecular complexity index is 546. The van der Waals surface area contributed by atoms with Crippen LogP contribution in [0.25, 0.3) is 0 Å². The van der Waals surface area contributed by atoms with Gasteiger partial charge >= 0.3 is 0 Å². The second-order valence-electron chi connectivity index (χ2n) is 12.2. The van der Waals surface area contributed by atoms with E-state index in [1.807, 2.05) is 0 Å². The number of hydrogen-bond donors (Lipinski definition) is 2. The van der Waals surface area contributed by atoms with Gasteiger partial charge in [0.15, 0.2) is 16.6 Å². The third kappa shape index (κ3) is 7.27. The molecular weight excluding hydrogens is 408 g/mol. The average molecular weight is 459 g/mol. The van der Waals surface area contributed by atoms with Gasteiger partial charge in [0.25, 0.3) is 0 Å². The van der Waals surface area contributed by atoms with Crippen molar-refractivity contribution >= 4 is 16.6 Å². The molecular formula is C24H50O4Si2. The lowest BCUT2D eigenvalue weighted by molar-refractivity contribution is 0.145. The highest BCUT2D eigenvalue weighted by Crippen LogP contribution is 2.46. The van der Waals surface area contributed by atoms with Crippen molar-refractivity contribution in [3.8, 4) is 0 Å². The van der Waals surface area contributed by atoms with Crippen molar-refractivity contribution in [2.45, 2.75) is 103 Å². The topological polar surface area (TPSA) is 58.9 Å². The van der Waals surface area contributed by atoms with Crippen LogP contribution in [0, 0.1) is 17.8 Å². The fraction of sp³-hybridized carbons (Fsp3) is 0.917. The number of aliphatic hydroxyl groups excluding tert-OH is 2. The second kappa shape index (κ2) is 10.8. The molecule has 2 N–H and O–H groups in total. The molecule has 0 heterocycles. The first-order valence-corrected chi connectivity index (χ1v) is 17.6. The first-order valence-electron chi connectivity index (χ1n) is 11.8. The normalized spacial score (nSPS) is 26.7. The Morgan fingerprint density at radius 1 is 0.933 bits per heavy atom. The minimum absolute atomic E-state index is 0.135. The standard InChI is InChI=1S/C24H50O4Si2/c1-23(2,3)29(7,8)27-16-12-14-21-20(13-11-15-25)19(18-26)17-22(21)28-30(9,10)24(4,5)6/h12,14,19-22,25-26H,11,13,15-18H2,1-10H3/t19-,20+,21+,22-/m1/s1. The molecule has 0 bridgehead atoms. The van der Waals surface area contributed by atoms with Crippen LogP contribution in [0.5, 0.6) is 0 Å². The molecule has 1 saturated carbocycles. The summed E-state index contributed by atoms with van der Waals surface area (Å²) in [6.07, 6.45) is 7.21. The first kappa shape index (κ1) is 28.0. The molecule has 30 heavy (non-hydrogen) atoms. The van der Waals surface area contributed by atoms with Crippen LogP contribution in [-0.2, 0) is 8.85 Å². The fourth-order valence-corrected chi connectivity index (χ4v) is 6.13. The predicted octanol–water partition coefficient (Wildman–Crippen LogP) is 5.97. The Morgan fingerprint density at radius 2 is 1.50 bits per heavy atom. The lowest BCUT2D eigenvalue weighted by Gasteiger charge is -2.40. The van der Waals surface area contributed by atoms with Crippen molar-refractivity contribution in [1.82, 2.24) is 0 Å². The van der Waals surface area contributed by atoms with Gasteiger partial charge in [0.05, 0.1) is 12.7 Å². The van der Waals surface area contributed by atoms with Crippen LogP contribution in [0.1, 0.15) is 60.8 Å². The molecule has 6 heteroatoms. The Morgan fingerprint density at radius 3 is 1.97 bits per heavy atom. The van der Waals surface area contributed by atoms with E-state index in [0.717, 1.165) is 19.3 Å². The zero-order chi connectivity index (χ0) is 23.4. The molecule has 0 aromatic heterocycles. The molecule has 0 spiro atoms. The third-order valence-electron chi connectivity index (χ3n) is 7.95. The van der Waals surface area contributed by atoms with Crippen molar-refractivity contribution in [2.24, 2.45) is 17.8 Å². The lowest BCUT2D eigenvalue weighted by atomic mass is 9.85. The molecule has 4 atom stereocenters. The van der Waals surface area contributed by atoms with Crippen LogP contribution in [0.15, 0.2) is 12.2 Å². The van der Waals surface area contributed by atoms with Gasteiger partial charge in [-0.2, -0.15) is 0 Å². The molecule has 0 aromatic carbocycles. The van der Waals surface area contributed by atoms with Crippen molar-refractivity contribution in [3.63, 3.8) is 0 Å². The van der Waals surface area contributed by atoms with Crippen LogP contribution in [0.2, 0.25) is 36.3 Å². The van der Waals surface area contributed by atoms with Gasteiger partial charge in [-0.15, -0.1) is 0 Å². The quantitative estimate of drug-likeness (QED) is 0.313. The molecule has 0 radical (unpaired) electrons. The van der Waals surface area contributed by atoms with Crippen LogP contribution in [0.3, 0.4) is 0 Å². The highest BCUT2D eigenvalue weighted by Gasteiger charge is 2.47. The molecule has 0 saturated heterocycles. The fourth-order valence-electron chi connectivity index (χ4n) is 3.82. The van der Waals surface area contributed by atoms with Crippen LogP contribution in [0.4, 0.5) is 0 Å². The third-order valence-corrected chi connectivity index (χ3v) is 17.0. The van der Waals surface area contributed by atoms with Crippen molar-refractivity contribution in [2.75, 3.05) is 19.8 Å². The zero-order valence-corrected chi connectivity index (χ0v) is 23.4. The Hall–Kier alpha value is 0.0138. The summed E-state index contributed by atoms with van der Waals surface area (Å²) in [7, 11) is -3.68. The minimum Gasteiger partial charge on any atom is -0.413 e. The summed E-state index contributed by atoms with van der Waals surface area (Å²) in [5, 5.41) is 19.8. The van der Waals surface area contributed by atoms with Gasteiger partial charge in [0, 0.05) is 19.1 Å². The molecule has 1 aliphatic rings. The molecule has 4 nitrogen and oxygen atoms in total. The van der Waals surface area contributed by atoms with Gasteiger partial charge in [-0.3, -0.25) is 0 Å². The maximum Gasteiger partial charge on any atom is 0.192 e. The second-order valence-corrected chi connectivity index (χ2v) is 21.8. The SMILES string of the molecule is CC(C)(C)[Si](C)(C)OCC=C[C@H]1[C@@H](CCCO)[C@@H](CO)C[C@H]1O[Si](C)(C)C(C)(C)C. The maximum atomic E-state index is 10.0. The molecule has 1 fully saturated rings. The summed E-state index contributed by atoms with van der Waals surface area (Å²) < 4.78 is 13.2. The number of aliphatic hydroxyl groups is 2. The van der Waals surface area contributed by atoms with Crippen LogP contribution in [-0.4, -0.2) is 52.8 Å². The smallest absolute Gasteiger partial charge is 0.192 e. The zero-order valence-electron chi connectivity index (χ0n) is 21.4. The predicted molar refractivity (Wildman–Crippen MR) is 133 cm³/mol. The van der Waals surface area contributed by atoms with Gasteiger partial charge in [0.1, 0.15) is 0 Å². The Balaban J connectivity index is 3.01. The summed E-state index contributed by atoms with van der Waals surface area (Å²) in [5.74, 6) is 0.856. The van der Waals surface area contributed by atoms with E-state index in [-0.39, 0.29) is 41.2 Å². The van der Waals surface area contributed by atoms with E-state index in [2.05, 4.69) is 79.9 Å². The van der Waals surface area contributed by atoms with E-state index >= 15 is 0 Å². The van der Waals surface area contributed by atoms with E-state index in [1.54, 1.807) is 0 Å². The molecule has 0 amide bonds. The van der Waals surface area contributed by atoms with Gasteiger partial charge in [-0.1, -0.05) is 53.7 Å². The van der Waals surface area contributed by atoms with E-state index < -0.39 is 16.6 Å². The summed E-state index contributed by atoms with van der Waals surface area (Å²) in [6.45, 7) is 23.8. The molecule has 1 aliphatic carbocycles. The van der Waals surface area contributed by atoms with Crippen molar-refractivity contribution in [1.29, 1.82) is 0 Å². The summed E-state index contributed by atoms with van der Waals surface area (Å²) in [5.41, 5.74) is 0. The van der Waals surface area contributed by atoms with Crippen molar-refractivity contribution < 1.29 is 19.1 Å². The van der Waals surface area contributed by atoms with Crippen molar-refractivity contribution in [3.05, 3.63) is 12.2 Å². The molecule has 0 aliphatic heterocycles. The van der Waals surface area contributed by atoms with E-state index in [0.29, 0.717) is 12.5 Å². The lowest BCUT2D eigenvalue weighted by Crippen LogP contribution is -2.45. The van der Waals surface area contributed by atoms with Gasteiger partial charge in [-0.25, -0.2) is 0 Å². The molecule has 0 unspecified atom stereocenters. The highest BCUT2D eigenvalue weighted by atomic mass is 28.4. The van der Waals surface area contributed by atoms with Crippen LogP contribution < -0.4 is 0 Å². The average Bonchev–Trinajstić information content (AvgIpc) is 2.90. The Kier molecular flexibility index (Phi) is 10.1. The summed E-state index contributed by atoms with van der Waals surface area (Å²) >= 11 is 0. The van der Waals surface area contributed by atoms with Gasteiger partial charge in [0.2, 0.25) is 0 Å². The number of rotatable bonds is 10. The first-order chi connectivity index (χ1) is 13.6. The maximum absolute atomic E-state index is 10.0. The van der Waals surface area contributed by atoms with Gasteiger partial charge < -0.3 is 19.1 Å². The van der Waals surface area contributed by atoms with E-state index in [1.165, 1.54) is 0 Å². The highest BCUT2D eigenvalue weighted by molar-refractivity contribution is 6.74. The monoisotopic (exact) mass is 458 g/mol. The molecule has 0 aromatic rings. The largest absolute Gasteiger partial charge is 0.413 e. The Labute approximate surface area is 188 Å². The molecule has 1 rings (SSSR count). The number of hydrogen-bond acceptors (Lipinski definition) is 4. The van der Waals surface area contributed by atoms with E-state index in [4.69, 9.17) is 8.85 Å². The molecule has 178 valence electrons. The van der Waals surface area contributed by atoms with E-state index in [9.17, 15) is 10.2 Å². The summed E-state index contributed by atoms with van der Waals surface area (Å²) in [6, 6.07) is 0. The van der Waals surface area contributed by atoms with Crippen LogP contribution >= 0.6 is 0 Å².